The second kappa shape index (κ2) is 7.67. The van der Waals surface area contributed by atoms with Crippen LogP contribution in [0.15, 0.2) is 65.2 Å². The van der Waals surface area contributed by atoms with E-state index in [9.17, 15) is 4.79 Å². The molecule has 6 heteroatoms. The maximum atomic E-state index is 12.3. The molecule has 0 amide bonds. The molecular weight excluding hydrogens is 370 g/mol. The van der Waals surface area contributed by atoms with Crippen molar-refractivity contribution in [2.45, 2.75) is 0 Å². The van der Waals surface area contributed by atoms with Crippen LogP contribution in [0.1, 0.15) is 10.4 Å². The van der Waals surface area contributed by atoms with E-state index < -0.39 is 5.97 Å². The normalized spacial score (nSPS) is 10.7. The Kier molecular flexibility index (Phi) is 4.91. The third-order valence-electron chi connectivity index (χ3n) is 4.67. The predicted octanol–water partition coefficient (Wildman–Crippen LogP) is 4.97. The molecule has 6 nitrogen and oxygen atoms in total. The highest BCUT2D eigenvalue weighted by atomic mass is 16.5. The highest BCUT2D eigenvalue weighted by molar-refractivity contribution is 5.96. The standard InChI is InChI=1S/C23H19NO5/c1-26-20-12-15(11-17(22(20)27-2)23(25)28-3)19-13-18-21(29-19)16(9-10-24-18)14-7-5-4-6-8-14/h4-13H,1-3H3. The third kappa shape index (κ3) is 3.29. The second-order valence-corrected chi connectivity index (χ2v) is 6.30. The lowest BCUT2D eigenvalue weighted by atomic mass is 10.1. The van der Waals surface area contributed by atoms with Gasteiger partial charge in [0.15, 0.2) is 17.1 Å². The first-order valence-corrected chi connectivity index (χ1v) is 8.95. The fourth-order valence-electron chi connectivity index (χ4n) is 3.29. The Hall–Kier alpha value is -3.80. The van der Waals surface area contributed by atoms with Crippen LogP contribution in [0.2, 0.25) is 0 Å². The number of hydrogen-bond acceptors (Lipinski definition) is 6. The molecule has 0 N–H and O–H groups in total. The zero-order valence-electron chi connectivity index (χ0n) is 16.3. The van der Waals surface area contributed by atoms with E-state index in [2.05, 4.69) is 4.98 Å². The van der Waals surface area contributed by atoms with Gasteiger partial charge in [0, 0.05) is 23.4 Å². The SMILES string of the molecule is COC(=O)c1cc(-c2cc3nccc(-c4ccccc4)c3o2)cc(OC)c1OC. The summed E-state index contributed by atoms with van der Waals surface area (Å²) in [4.78, 5) is 16.7. The van der Waals surface area contributed by atoms with Crippen LogP contribution in [0.3, 0.4) is 0 Å². The van der Waals surface area contributed by atoms with E-state index in [4.69, 9.17) is 18.6 Å². The molecule has 0 unspecified atom stereocenters. The van der Waals surface area contributed by atoms with Crippen LogP contribution in [-0.2, 0) is 4.74 Å². The van der Waals surface area contributed by atoms with Crippen LogP contribution in [-0.4, -0.2) is 32.3 Å². The molecule has 0 spiro atoms. The van der Waals surface area contributed by atoms with Crippen LogP contribution >= 0.6 is 0 Å². The molecule has 0 aliphatic rings. The average molecular weight is 389 g/mol. The second-order valence-electron chi connectivity index (χ2n) is 6.30. The molecule has 4 aromatic rings. The number of ether oxygens (including phenoxy) is 3. The molecule has 0 fully saturated rings. The Balaban J connectivity index is 1.90. The van der Waals surface area contributed by atoms with Gasteiger partial charge in [0.25, 0.3) is 0 Å². The van der Waals surface area contributed by atoms with Crippen LogP contribution in [0.5, 0.6) is 11.5 Å². The van der Waals surface area contributed by atoms with Gasteiger partial charge >= 0.3 is 5.97 Å². The Bertz CT molecular complexity index is 1180. The highest BCUT2D eigenvalue weighted by Gasteiger charge is 2.21. The van der Waals surface area contributed by atoms with E-state index >= 15 is 0 Å². The van der Waals surface area contributed by atoms with Gasteiger partial charge in [-0.2, -0.15) is 0 Å². The van der Waals surface area contributed by atoms with Crippen molar-refractivity contribution in [2.75, 3.05) is 21.3 Å². The number of esters is 1. The van der Waals surface area contributed by atoms with E-state index in [0.29, 0.717) is 28.4 Å². The Labute approximate surface area is 167 Å². The van der Waals surface area contributed by atoms with Gasteiger partial charge in [-0.3, -0.25) is 4.98 Å². The Morgan fingerprint density at radius 1 is 0.931 bits per heavy atom. The summed E-state index contributed by atoms with van der Waals surface area (Å²) < 4.78 is 21.8. The number of aromatic nitrogens is 1. The van der Waals surface area contributed by atoms with Crippen LogP contribution in [0.4, 0.5) is 0 Å². The minimum Gasteiger partial charge on any atom is -0.493 e. The molecule has 29 heavy (non-hydrogen) atoms. The van der Waals surface area contributed by atoms with E-state index in [1.54, 1.807) is 18.3 Å². The molecule has 0 bridgehead atoms. The first kappa shape index (κ1) is 18.6. The van der Waals surface area contributed by atoms with Gasteiger partial charge < -0.3 is 18.6 Å². The fraction of sp³-hybridized carbons (Fsp3) is 0.130. The van der Waals surface area contributed by atoms with Crippen molar-refractivity contribution < 1.29 is 23.4 Å². The van der Waals surface area contributed by atoms with Crippen LogP contribution in [0, 0.1) is 0 Å². The predicted molar refractivity (Wildman–Crippen MR) is 109 cm³/mol. The molecule has 4 rings (SSSR count). The number of pyridine rings is 1. The summed E-state index contributed by atoms with van der Waals surface area (Å²) in [5.41, 5.74) is 4.26. The molecule has 0 aliphatic heterocycles. The fourth-order valence-corrected chi connectivity index (χ4v) is 3.29. The van der Waals surface area contributed by atoms with Gasteiger partial charge in [-0.1, -0.05) is 30.3 Å². The molecule has 2 aromatic carbocycles. The maximum absolute atomic E-state index is 12.3. The number of methoxy groups -OCH3 is 3. The highest BCUT2D eigenvalue weighted by Crippen LogP contribution is 2.39. The number of fused-ring (bicyclic) bond motifs is 1. The van der Waals surface area contributed by atoms with Gasteiger partial charge in [0.2, 0.25) is 0 Å². The van der Waals surface area contributed by atoms with E-state index in [0.717, 1.165) is 16.6 Å². The number of carbonyl (C=O) groups is 1. The quantitative estimate of drug-likeness (QED) is 0.449. The van der Waals surface area contributed by atoms with Gasteiger partial charge in [0.05, 0.1) is 21.3 Å². The molecular formula is C23H19NO5. The first-order valence-electron chi connectivity index (χ1n) is 8.95. The largest absolute Gasteiger partial charge is 0.493 e. The topological polar surface area (TPSA) is 70.8 Å². The number of benzene rings is 2. The number of furan rings is 1. The minimum atomic E-state index is -0.527. The molecule has 2 aromatic heterocycles. The molecule has 2 heterocycles. The maximum Gasteiger partial charge on any atom is 0.341 e. The first-order chi connectivity index (χ1) is 14.2. The minimum absolute atomic E-state index is 0.251. The number of rotatable bonds is 5. The van der Waals surface area contributed by atoms with Gasteiger partial charge in [-0.15, -0.1) is 0 Å². The van der Waals surface area contributed by atoms with Crippen molar-refractivity contribution in [1.82, 2.24) is 4.98 Å². The molecule has 0 saturated carbocycles. The molecule has 146 valence electrons. The summed E-state index contributed by atoms with van der Waals surface area (Å²) in [6.45, 7) is 0. The summed E-state index contributed by atoms with van der Waals surface area (Å²) in [6, 6.07) is 17.1. The summed E-state index contributed by atoms with van der Waals surface area (Å²) in [5, 5.41) is 0. The van der Waals surface area contributed by atoms with Crippen LogP contribution < -0.4 is 9.47 Å². The van der Waals surface area contributed by atoms with Crippen LogP contribution in [0.25, 0.3) is 33.6 Å². The molecule has 0 aliphatic carbocycles. The zero-order chi connectivity index (χ0) is 20.4. The lowest BCUT2D eigenvalue weighted by Crippen LogP contribution is -2.06. The van der Waals surface area contributed by atoms with Crippen molar-refractivity contribution in [3.63, 3.8) is 0 Å². The van der Waals surface area contributed by atoms with Crippen molar-refractivity contribution >= 4 is 17.1 Å². The summed E-state index contributed by atoms with van der Waals surface area (Å²) in [6.07, 6.45) is 1.75. The lowest BCUT2D eigenvalue weighted by Gasteiger charge is -2.13. The van der Waals surface area contributed by atoms with Gasteiger partial charge in [0.1, 0.15) is 16.8 Å². The lowest BCUT2D eigenvalue weighted by molar-refractivity contribution is 0.0596. The van der Waals surface area contributed by atoms with Crippen molar-refractivity contribution in [2.24, 2.45) is 0 Å². The Morgan fingerprint density at radius 2 is 1.72 bits per heavy atom. The average Bonchev–Trinajstić information content (AvgIpc) is 3.22. The summed E-state index contributed by atoms with van der Waals surface area (Å²) >= 11 is 0. The van der Waals surface area contributed by atoms with Gasteiger partial charge in [-0.05, 0) is 23.8 Å². The van der Waals surface area contributed by atoms with E-state index in [-0.39, 0.29) is 5.56 Å². The zero-order valence-corrected chi connectivity index (χ0v) is 16.3. The number of nitrogens with zero attached hydrogens (tertiary/aromatic N) is 1. The Morgan fingerprint density at radius 3 is 2.41 bits per heavy atom. The smallest absolute Gasteiger partial charge is 0.341 e. The van der Waals surface area contributed by atoms with Crippen molar-refractivity contribution in [3.8, 4) is 33.9 Å². The van der Waals surface area contributed by atoms with Crippen molar-refractivity contribution in [3.05, 3.63) is 66.4 Å². The number of carbonyl (C=O) groups excluding carboxylic acids is 1. The number of hydrogen-bond donors (Lipinski definition) is 0. The molecule has 0 atom stereocenters. The molecule has 0 radical (unpaired) electrons. The monoisotopic (exact) mass is 389 g/mol. The van der Waals surface area contributed by atoms with Crippen molar-refractivity contribution in [1.29, 1.82) is 0 Å². The van der Waals surface area contributed by atoms with Gasteiger partial charge in [-0.25, -0.2) is 4.79 Å². The summed E-state index contributed by atoms with van der Waals surface area (Å²) in [5.74, 6) is 0.743. The van der Waals surface area contributed by atoms with E-state index in [1.165, 1.54) is 21.3 Å². The third-order valence-corrected chi connectivity index (χ3v) is 4.67. The molecule has 0 saturated heterocycles. The van der Waals surface area contributed by atoms with E-state index in [1.807, 2.05) is 42.5 Å². The summed E-state index contributed by atoms with van der Waals surface area (Å²) in [7, 11) is 4.30.